The number of hydrogen-bond acceptors (Lipinski definition) is 4. The third kappa shape index (κ3) is 5.09. The average Bonchev–Trinajstić information content (AvgIpc) is 2.80. The second-order valence-corrected chi connectivity index (χ2v) is 7.59. The number of para-hydroxylation sites is 1. The minimum absolute atomic E-state index is 0.290. The van der Waals surface area contributed by atoms with E-state index in [1.54, 1.807) is 0 Å². The molecule has 29 heavy (non-hydrogen) atoms. The van der Waals surface area contributed by atoms with Crippen molar-refractivity contribution in [2.24, 2.45) is 5.18 Å². The standard InChI is InChI=1S/C25H26N2O2/c28-26-25(22-7-3-1-4-8-22)19-27-17-15-21(16-18-27)20-11-13-24(14-12-20)29-23-9-5-2-6-10-23/h1-14,21,25H,15-19H2. The zero-order valence-electron chi connectivity index (χ0n) is 16.5. The lowest BCUT2D eigenvalue weighted by Gasteiger charge is -2.33. The molecule has 0 aliphatic carbocycles. The van der Waals surface area contributed by atoms with E-state index < -0.39 is 0 Å². The average molecular weight is 386 g/mol. The van der Waals surface area contributed by atoms with Crippen LogP contribution >= 0.6 is 0 Å². The van der Waals surface area contributed by atoms with Gasteiger partial charge in [-0.15, -0.1) is 0 Å². The molecular weight excluding hydrogens is 360 g/mol. The highest BCUT2D eigenvalue weighted by Crippen LogP contribution is 2.31. The Hall–Kier alpha value is -2.98. The van der Waals surface area contributed by atoms with Crippen LogP contribution in [0, 0.1) is 4.91 Å². The molecule has 0 radical (unpaired) electrons. The SMILES string of the molecule is O=NC(CN1CCC(c2ccc(Oc3ccccc3)cc2)CC1)c1ccccc1. The second kappa shape index (κ2) is 9.48. The Morgan fingerprint density at radius 3 is 2.03 bits per heavy atom. The van der Waals surface area contributed by atoms with Gasteiger partial charge in [-0.05, 0) is 67.2 Å². The molecule has 4 heteroatoms. The molecule has 4 rings (SSSR count). The molecule has 1 heterocycles. The fraction of sp³-hybridized carbons (Fsp3) is 0.280. The summed E-state index contributed by atoms with van der Waals surface area (Å²) in [6.45, 7) is 2.68. The Kier molecular flexibility index (Phi) is 6.32. The molecule has 3 aromatic carbocycles. The van der Waals surface area contributed by atoms with E-state index >= 15 is 0 Å². The van der Waals surface area contributed by atoms with Crippen molar-refractivity contribution >= 4 is 0 Å². The van der Waals surface area contributed by atoms with Gasteiger partial charge in [-0.2, -0.15) is 4.91 Å². The van der Waals surface area contributed by atoms with E-state index in [0.717, 1.165) is 43.0 Å². The van der Waals surface area contributed by atoms with Gasteiger partial charge in [-0.1, -0.05) is 65.8 Å². The van der Waals surface area contributed by atoms with Crippen LogP contribution in [-0.4, -0.2) is 24.5 Å². The summed E-state index contributed by atoms with van der Waals surface area (Å²) >= 11 is 0. The lowest BCUT2D eigenvalue weighted by atomic mass is 9.89. The Balaban J connectivity index is 1.30. The van der Waals surface area contributed by atoms with Crippen LogP contribution in [0.15, 0.2) is 90.1 Å². The molecule has 148 valence electrons. The van der Waals surface area contributed by atoms with Gasteiger partial charge in [-0.3, -0.25) is 0 Å². The van der Waals surface area contributed by atoms with Crippen LogP contribution in [-0.2, 0) is 0 Å². The first-order valence-corrected chi connectivity index (χ1v) is 10.2. The molecule has 1 unspecified atom stereocenters. The van der Waals surface area contributed by atoms with Gasteiger partial charge >= 0.3 is 0 Å². The molecule has 3 aromatic rings. The maximum atomic E-state index is 11.3. The van der Waals surface area contributed by atoms with Crippen LogP contribution in [0.4, 0.5) is 0 Å². The highest BCUT2D eigenvalue weighted by molar-refractivity contribution is 5.34. The minimum atomic E-state index is -0.290. The predicted octanol–water partition coefficient (Wildman–Crippen LogP) is 6.17. The molecule has 1 aliphatic heterocycles. The molecule has 1 aliphatic rings. The van der Waals surface area contributed by atoms with Gasteiger partial charge in [0, 0.05) is 6.54 Å². The molecule has 0 spiro atoms. The first-order chi connectivity index (χ1) is 14.3. The van der Waals surface area contributed by atoms with Crippen molar-refractivity contribution in [1.82, 2.24) is 4.90 Å². The lowest BCUT2D eigenvalue weighted by Crippen LogP contribution is -2.35. The summed E-state index contributed by atoms with van der Waals surface area (Å²) in [5.41, 5.74) is 2.36. The third-order valence-corrected chi connectivity index (χ3v) is 5.66. The van der Waals surface area contributed by atoms with E-state index in [1.165, 1.54) is 5.56 Å². The molecule has 0 aromatic heterocycles. The monoisotopic (exact) mass is 386 g/mol. The van der Waals surface area contributed by atoms with E-state index in [-0.39, 0.29) is 6.04 Å². The number of rotatable bonds is 7. The fourth-order valence-electron chi connectivity index (χ4n) is 4.00. The van der Waals surface area contributed by atoms with Crippen LogP contribution in [0.2, 0.25) is 0 Å². The molecule has 1 saturated heterocycles. The Morgan fingerprint density at radius 1 is 0.828 bits per heavy atom. The summed E-state index contributed by atoms with van der Waals surface area (Å²) < 4.78 is 5.89. The summed E-state index contributed by atoms with van der Waals surface area (Å²) in [5.74, 6) is 2.27. The summed E-state index contributed by atoms with van der Waals surface area (Å²) in [5, 5.41) is 3.37. The number of hydrogen-bond donors (Lipinski definition) is 0. The summed E-state index contributed by atoms with van der Waals surface area (Å²) in [6, 6.07) is 27.9. The van der Waals surface area contributed by atoms with Crippen LogP contribution in [0.5, 0.6) is 11.5 Å². The normalized spacial score (nSPS) is 16.3. The minimum Gasteiger partial charge on any atom is -0.457 e. The molecular formula is C25H26N2O2. The largest absolute Gasteiger partial charge is 0.457 e. The molecule has 1 atom stereocenters. The number of benzene rings is 3. The van der Waals surface area contributed by atoms with Gasteiger partial charge in [-0.25, -0.2) is 0 Å². The van der Waals surface area contributed by atoms with Crippen LogP contribution in [0.25, 0.3) is 0 Å². The second-order valence-electron chi connectivity index (χ2n) is 7.59. The van der Waals surface area contributed by atoms with Crippen LogP contribution in [0.3, 0.4) is 0 Å². The molecule has 0 N–H and O–H groups in total. The van der Waals surface area contributed by atoms with Crippen LogP contribution in [0.1, 0.15) is 35.9 Å². The van der Waals surface area contributed by atoms with Gasteiger partial charge < -0.3 is 9.64 Å². The molecule has 0 amide bonds. The number of piperidine rings is 1. The van der Waals surface area contributed by atoms with Crippen molar-refractivity contribution in [1.29, 1.82) is 0 Å². The summed E-state index contributed by atoms with van der Waals surface area (Å²) in [6.07, 6.45) is 2.19. The van der Waals surface area contributed by atoms with Crippen molar-refractivity contribution in [3.8, 4) is 11.5 Å². The van der Waals surface area contributed by atoms with Crippen molar-refractivity contribution in [2.45, 2.75) is 24.8 Å². The topological polar surface area (TPSA) is 41.9 Å². The van der Waals surface area contributed by atoms with Gasteiger partial charge in [0.15, 0.2) is 0 Å². The number of nitroso groups, excluding NO2 is 1. The predicted molar refractivity (Wildman–Crippen MR) is 116 cm³/mol. The van der Waals surface area contributed by atoms with E-state index in [9.17, 15) is 4.91 Å². The molecule has 4 nitrogen and oxygen atoms in total. The Labute approximate surface area is 172 Å². The fourth-order valence-corrected chi connectivity index (χ4v) is 4.00. The van der Waals surface area contributed by atoms with Gasteiger partial charge in [0.05, 0.1) is 0 Å². The quantitative estimate of drug-likeness (QED) is 0.456. The number of ether oxygens (including phenoxy) is 1. The molecule has 1 fully saturated rings. The number of nitrogens with zero attached hydrogens (tertiary/aromatic N) is 2. The van der Waals surface area contributed by atoms with Gasteiger partial charge in [0.1, 0.15) is 17.5 Å². The maximum Gasteiger partial charge on any atom is 0.129 e. The molecule has 0 bridgehead atoms. The molecule has 0 saturated carbocycles. The highest BCUT2D eigenvalue weighted by atomic mass is 16.5. The van der Waals surface area contributed by atoms with Crippen molar-refractivity contribution in [3.05, 3.63) is 101 Å². The first-order valence-electron chi connectivity index (χ1n) is 10.2. The van der Waals surface area contributed by atoms with Crippen molar-refractivity contribution < 1.29 is 4.74 Å². The highest BCUT2D eigenvalue weighted by Gasteiger charge is 2.23. The third-order valence-electron chi connectivity index (χ3n) is 5.66. The van der Waals surface area contributed by atoms with E-state index in [1.807, 2.05) is 60.7 Å². The van der Waals surface area contributed by atoms with Crippen LogP contribution < -0.4 is 4.74 Å². The van der Waals surface area contributed by atoms with Crippen molar-refractivity contribution in [2.75, 3.05) is 19.6 Å². The maximum absolute atomic E-state index is 11.3. The Morgan fingerprint density at radius 2 is 1.41 bits per heavy atom. The summed E-state index contributed by atoms with van der Waals surface area (Å²) in [4.78, 5) is 13.7. The van der Waals surface area contributed by atoms with E-state index in [0.29, 0.717) is 12.5 Å². The zero-order valence-corrected chi connectivity index (χ0v) is 16.5. The number of likely N-dealkylation sites (tertiary alicyclic amines) is 1. The lowest BCUT2D eigenvalue weighted by molar-refractivity contribution is 0.201. The zero-order chi connectivity index (χ0) is 19.9. The summed E-state index contributed by atoms with van der Waals surface area (Å²) in [7, 11) is 0. The van der Waals surface area contributed by atoms with E-state index in [4.69, 9.17) is 4.74 Å². The smallest absolute Gasteiger partial charge is 0.129 e. The van der Waals surface area contributed by atoms with E-state index in [2.05, 4.69) is 34.3 Å². The Bertz CT molecular complexity index is 889. The first kappa shape index (κ1) is 19.3. The van der Waals surface area contributed by atoms with Crippen molar-refractivity contribution in [3.63, 3.8) is 0 Å². The van der Waals surface area contributed by atoms with Gasteiger partial charge in [0.2, 0.25) is 0 Å². The van der Waals surface area contributed by atoms with Gasteiger partial charge in [0.25, 0.3) is 0 Å².